The zero-order chi connectivity index (χ0) is 89.2. The molecule has 0 fully saturated rings. The number of fused-ring (bicyclic) bond motifs is 16. The van der Waals surface area contributed by atoms with Crippen molar-refractivity contribution in [2.45, 2.75) is 114 Å². The van der Waals surface area contributed by atoms with Gasteiger partial charge < -0.3 is 17.7 Å². The second kappa shape index (κ2) is 30.2. The predicted octanol–water partition coefficient (Wildman–Crippen LogP) is 25.7. The second-order valence-electron chi connectivity index (χ2n) is 35.7. The fourth-order valence-corrected chi connectivity index (χ4v) is 20.9. The highest BCUT2D eigenvalue weighted by Crippen LogP contribution is 2.45. The number of pyridine rings is 4. The van der Waals surface area contributed by atoms with Gasteiger partial charge in [0.2, 0.25) is 44.8 Å². The van der Waals surface area contributed by atoms with E-state index < -0.39 is 31.1 Å². The Kier molecular flexibility index (Phi) is 19.0. The van der Waals surface area contributed by atoms with E-state index in [1.165, 1.54) is 45.4 Å². The first-order valence-electron chi connectivity index (χ1n) is 43.0. The summed E-state index contributed by atoms with van der Waals surface area (Å²) in [6, 6.07) is 66.2. The Morgan fingerprint density at radius 3 is 0.950 bits per heavy atom. The number of aromatic nitrogens is 4. The van der Waals surface area contributed by atoms with Gasteiger partial charge >= 0.3 is 0 Å². The summed E-state index contributed by atoms with van der Waals surface area (Å²) in [5.41, 5.74) is 22.8. The number of aryl methyl sites for hydroxylation is 8. The number of hydrogen-bond acceptors (Lipinski definition) is 4. The molecule has 0 N–H and O–H groups in total. The van der Waals surface area contributed by atoms with Crippen molar-refractivity contribution in [3.63, 3.8) is 0 Å². The quantitative estimate of drug-likeness (QED) is 0.0906. The van der Waals surface area contributed by atoms with E-state index in [0.29, 0.717) is 66.2 Å². The molecule has 16 heteroatoms. The van der Waals surface area contributed by atoms with Crippen molar-refractivity contribution >= 4 is 171 Å². The molecule has 121 heavy (non-hydrogen) atoms. The molecule has 0 bridgehead atoms. The molecule has 0 saturated carbocycles. The maximum atomic E-state index is 15.5. The molecule has 0 radical (unpaired) electrons. The van der Waals surface area contributed by atoms with Gasteiger partial charge in [-0.1, -0.05) is 153 Å². The predicted molar refractivity (Wildman–Crippen MR) is 498 cm³/mol. The zero-order valence-corrected chi connectivity index (χ0v) is 75.0. The van der Waals surface area contributed by atoms with E-state index in [1.54, 1.807) is 43.3 Å². The van der Waals surface area contributed by atoms with Crippen LogP contribution in [0.25, 0.3) is 176 Å². The molecule has 20 rings (SSSR count). The Hall–Kier alpha value is -12.2. The molecule has 0 atom stereocenters. The van der Waals surface area contributed by atoms with Gasteiger partial charge in [-0.15, -0.1) is 0 Å². The lowest BCUT2D eigenvalue weighted by Gasteiger charge is -2.17. The maximum Gasteiger partial charge on any atom is 0.219 e. The van der Waals surface area contributed by atoms with Crippen molar-refractivity contribution in [3.05, 3.63) is 292 Å². The molecule has 0 aliphatic rings. The van der Waals surface area contributed by atoms with E-state index in [4.69, 9.17) is 23.2 Å². The molecular formula is C105H99F5N4O4Si3+4. The molecule has 606 valence electrons. The summed E-state index contributed by atoms with van der Waals surface area (Å²) in [7, 11) is 3.09. The fraction of sp³-hybridized carbons (Fsp3) is 0.200. The lowest BCUT2D eigenvalue weighted by atomic mass is 9.96. The van der Waals surface area contributed by atoms with E-state index in [1.807, 2.05) is 142 Å². The Morgan fingerprint density at radius 1 is 0.273 bits per heavy atom. The number of nitrogens with zero attached hydrogens (tertiary/aromatic N) is 4. The third-order valence-corrected chi connectivity index (χ3v) is 31.1. The molecule has 12 aromatic carbocycles. The topological polar surface area (TPSA) is 68.1 Å². The van der Waals surface area contributed by atoms with Crippen LogP contribution in [-0.2, 0) is 28.2 Å². The van der Waals surface area contributed by atoms with Gasteiger partial charge in [0.05, 0.1) is 69.4 Å². The highest BCUT2D eigenvalue weighted by molar-refractivity contribution is 6.89. The molecule has 8 heterocycles. The van der Waals surface area contributed by atoms with E-state index in [0.717, 1.165) is 144 Å². The summed E-state index contributed by atoms with van der Waals surface area (Å²) in [5.74, 6) is -1.51. The Morgan fingerprint density at radius 2 is 0.587 bits per heavy atom. The van der Waals surface area contributed by atoms with E-state index in [-0.39, 0.29) is 40.7 Å². The van der Waals surface area contributed by atoms with Crippen molar-refractivity contribution in [2.75, 3.05) is 0 Å². The van der Waals surface area contributed by atoms with Gasteiger partial charge in [-0.2, -0.15) is 18.3 Å². The van der Waals surface area contributed by atoms with E-state index in [2.05, 4.69) is 156 Å². The van der Waals surface area contributed by atoms with E-state index in [9.17, 15) is 8.78 Å². The van der Waals surface area contributed by atoms with Gasteiger partial charge in [0, 0.05) is 102 Å². The normalized spacial score (nSPS) is 12.8. The van der Waals surface area contributed by atoms with Crippen LogP contribution >= 0.6 is 0 Å². The zero-order valence-electron chi connectivity index (χ0n) is 76.0. The standard InChI is InChI=1S/C27H26F2NOSi.2C27H27FNOSi.C24H19FNO/c1-15-11-21-19-9-7-17(28)12-25(19)31-27(21)26(16(15)2)24-14-22(29)20-10-8-18(32(4,5)6)13-23(20)30(24)3;2*1-16-13-21-19-9-7-8-10-25(19)30-27(21)26(17(16)2)24-15-22(28)20-12-11-18(31(4,5)6)14-23(20)29(24)3;1-14-13-18-16-7-4-5-10-22(16)27-24(18)23(15(14)2)21-12-11-17-19(25)8-6-9-20(17)26(21)3/h7-14H,1-6H3;2*7-15H,1-6H3;4-13H,1-3H3/q4*+1/i;1D3;;11D. The first-order valence-corrected chi connectivity index (χ1v) is 51.5. The molecule has 0 saturated heterocycles. The second-order valence-corrected chi connectivity index (χ2v) is 50.9. The summed E-state index contributed by atoms with van der Waals surface area (Å²) in [6.07, 6.45) is 0. The highest BCUT2D eigenvalue weighted by Gasteiger charge is 2.33. The van der Waals surface area contributed by atoms with Crippen LogP contribution in [0.4, 0.5) is 22.0 Å². The van der Waals surface area contributed by atoms with Gasteiger partial charge in [0.1, 0.15) is 102 Å². The van der Waals surface area contributed by atoms with Crippen molar-refractivity contribution in [1.29, 1.82) is 0 Å². The smallest absolute Gasteiger partial charge is 0.219 e. The Balaban J connectivity index is 0.000000118. The molecule has 0 amide bonds. The van der Waals surface area contributed by atoms with Gasteiger partial charge in [-0.05, 0) is 185 Å². The minimum Gasteiger partial charge on any atom is -0.455 e. The molecule has 0 aliphatic carbocycles. The van der Waals surface area contributed by atoms with Crippen LogP contribution in [0.2, 0.25) is 58.9 Å². The molecule has 0 aliphatic heterocycles. The number of furan rings is 4. The molecule has 20 aromatic rings. The number of para-hydroxylation sites is 3. The van der Waals surface area contributed by atoms with Gasteiger partial charge in [0.25, 0.3) is 0 Å². The Labute approximate surface area is 709 Å². The minimum absolute atomic E-state index is 0.173. The largest absolute Gasteiger partial charge is 0.455 e. The number of rotatable bonds is 7. The van der Waals surface area contributed by atoms with Crippen molar-refractivity contribution < 1.29 is 63.4 Å². The monoisotopic (exact) mass is 1660 g/mol. The number of halogens is 5. The summed E-state index contributed by atoms with van der Waals surface area (Å²) in [5, 5.41) is 13.6. The SMILES string of the molecule is Cc1cc2c(oc3cc(F)ccc32)c(-c2cc(F)c3ccc([Si](C)(C)C)cc3[n+]2C)c1C.Cc1cc2c(oc3ccccc32)c(-c2cc(F)c3ccc([Si](C)(C)C)cc3[n+]2C)c1C.[2H]C([2H])([2H])c1cc2c(oc3ccccc32)c(-c2cc(F)c3ccc([Si](C)(C)C)cc3[n+]2C)c1C.[2H]c1cc(-c2c(C)c(C)cc3c2oc2ccccc23)[n+](C)c2cccc(F)c12. The highest BCUT2D eigenvalue weighted by atomic mass is 28.3. The van der Waals surface area contributed by atoms with Crippen LogP contribution in [0.3, 0.4) is 0 Å². The third-order valence-electron chi connectivity index (χ3n) is 25.0. The lowest BCUT2D eigenvalue weighted by Crippen LogP contribution is -2.40. The molecule has 8 nitrogen and oxygen atoms in total. The van der Waals surface area contributed by atoms with Crippen LogP contribution in [0.5, 0.6) is 0 Å². The van der Waals surface area contributed by atoms with Gasteiger partial charge in [-0.25, -0.2) is 22.0 Å². The average Bonchev–Trinajstić information content (AvgIpc) is 1.66. The first-order chi connectivity index (χ1) is 59.1. The van der Waals surface area contributed by atoms with Crippen LogP contribution in [-0.4, -0.2) is 24.2 Å². The summed E-state index contributed by atoms with van der Waals surface area (Å²) >= 11 is 0. The van der Waals surface area contributed by atoms with Crippen LogP contribution in [0, 0.1) is 84.4 Å². The average molecular weight is 1660 g/mol. The molecule has 0 unspecified atom stereocenters. The summed E-state index contributed by atoms with van der Waals surface area (Å²) in [4.78, 5) is 0. The van der Waals surface area contributed by atoms with Gasteiger partial charge in [0.15, 0.2) is 0 Å². The van der Waals surface area contributed by atoms with Crippen molar-refractivity contribution in [3.8, 4) is 45.0 Å². The number of benzene rings is 12. The minimum atomic E-state index is -2.32. The van der Waals surface area contributed by atoms with Crippen molar-refractivity contribution in [1.82, 2.24) is 0 Å². The fourth-order valence-electron chi connectivity index (χ4n) is 17.4. The van der Waals surface area contributed by atoms with Gasteiger partial charge in [-0.3, -0.25) is 0 Å². The number of hydrogen-bond donors (Lipinski definition) is 0. The summed E-state index contributed by atoms with van der Waals surface area (Å²) in [6.45, 7) is 32.5. The maximum absolute atomic E-state index is 15.5. The first kappa shape index (κ1) is 76.2. The van der Waals surface area contributed by atoms with Crippen LogP contribution in [0.1, 0.15) is 50.0 Å². The molecule has 0 spiro atoms. The van der Waals surface area contributed by atoms with Crippen molar-refractivity contribution in [2.24, 2.45) is 28.2 Å². The van der Waals surface area contributed by atoms with E-state index >= 15 is 13.2 Å². The summed E-state index contributed by atoms with van der Waals surface area (Å²) < 4.78 is 140. The molecule has 8 aromatic heterocycles. The Bertz CT molecular complexity index is 7960. The molecular weight excluding hydrogens is 1560 g/mol. The van der Waals surface area contributed by atoms with Crippen LogP contribution in [0.15, 0.2) is 236 Å². The third kappa shape index (κ3) is 14.0. The lowest BCUT2D eigenvalue weighted by molar-refractivity contribution is -0.633. The van der Waals surface area contributed by atoms with Crippen LogP contribution < -0.4 is 33.8 Å².